The predicted octanol–water partition coefficient (Wildman–Crippen LogP) is 1.14. The summed E-state index contributed by atoms with van der Waals surface area (Å²) in [5.41, 5.74) is 4.63. The molecule has 1 aromatic carbocycles. The van der Waals surface area contributed by atoms with E-state index in [1.807, 2.05) is 44.2 Å². The van der Waals surface area contributed by atoms with Crippen LogP contribution in [0.5, 0.6) is 0 Å². The molecule has 0 saturated carbocycles. The van der Waals surface area contributed by atoms with Crippen LogP contribution in [0.25, 0.3) is 0 Å². The summed E-state index contributed by atoms with van der Waals surface area (Å²) in [5, 5.41) is 13.6. The van der Waals surface area contributed by atoms with Gasteiger partial charge in [0.05, 0.1) is 5.60 Å². The van der Waals surface area contributed by atoms with E-state index in [4.69, 9.17) is 5.73 Å². The van der Waals surface area contributed by atoms with Crippen LogP contribution in [0.3, 0.4) is 0 Å². The van der Waals surface area contributed by atoms with Crippen molar-refractivity contribution < 1.29 is 9.90 Å². The number of aliphatic hydroxyl groups is 1. The number of carbonyl (C=O) groups excluding carboxylic acids is 1. The largest absolute Gasteiger partial charge is 0.384 e. The fraction of sp³-hybridized carbons (Fsp3) is 0.500. The lowest BCUT2D eigenvalue weighted by molar-refractivity contribution is -0.119. The Balaban J connectivity index is 2.65. The molecule has 1 atom stereocenters. The number of carbonyl (C=O) groups is 1. The third-order valence-corrected chi connectivity index (χ3v) is 2.92. The van der Waals surface area contributed by atoms with Crippen LogP contribution in [0.2, 0.25) is 0 Å². The minimum absolute atomic E-state index is 0.234. The number of benzene rings is 1. The second-order valence-corrected chi connectivity index (χ2v) is 5.52. The highest BCUT2D eigenvalue weighted by molar-refractivity contribution is 5.75. The van der Waals surface area contributed by atoms with Gasteiger partial charge in [-0.3, -0.25) is 4.79 Å². The monoisotopic (exact) mass is 250 g/mol. The molecular weight excluding hydrogens is 228 g/mol. The van der Waals surface area contributed by atoms with Crippen molar-refractivity contribution in [2.24, 2.45) is 5.73 Å². The normalized spacial score (nSPS) is 15.1. The highest BCUT2D eigenvalue weighted by Crippen LogP contribution is 2.20. The van der Waals surface area contributed by atoms with Gasteiger partial charge in [-0.2, -0.15) is 0 Å². The van der Waals surface area contributed by atoms with Crippen LogP contribution in [0, 0.1) is 0 Å². The van der Waals surface area contributed by atoms with Crippen molar-refractivity contribution in [1.82, 2.24) is 5.32 Å². The average Bonchev–Trinajstić information content (AvgIpc) is 2.26. The molecule has 4 N–H and O–H groups in total. The van der Waals surface area contributed by atoms with Crippen molar-refractivity contribution >= 4 is 5.91 Å². The molecule has 100 valence electrons. The van der Waals surface area contributed by atoms with Crippen LogP contribution in [0.1, 0.15) is 32.8 Å². The molecule has 0 saturated heterocycles. The quantitative estimate of drug-likeness (QED) is 0.708. The van der Waals surface area contributed by atoms with Crippen molar-refractivity contribution in [3.63, 3.8) is 0 Å². The molecule has 0 spiro atoms. The maximum absolute atomic E-state index is 10.9. The van der Waals surface area contributed by atoms with Gasteiger partial charge in [0.15, 0.2) is 0 Å². The molecule has 0 aliphatic heterocycles. The zero-order valence-corrected chi connectivity index (χ0v) is 11.2. The topological polar surface area (TPSA) is 75.4 Å². The first-order chi connectivity index (χ1) is 8.23. The number of primary amides is 1. The Morgan fingerprint density at radius 3 is 2.33 bits per heavy atom. The van der Waals surface area contributed by atoms with E-state index in [0.717, 1.165) is 5.56 Å². The maximum Gasteiger partial charge on any atom is 0.219 e. The fourth-order valence-corrected chi connectivity index (χ4v) is 1.81. The summed E-state index contributed by atoms with van der Waals surface area (Å²) >= 11 is 0. The van der Waals surface area contributed by atoms with Gasteiger partial charge in [-0.1, -0.05) is 30.3 Å². The van der Waals surface area contributed by atoms with Gasteiger partial charge in [0.25, 0.3) is 0 Å². The molecule has 1 aromatic rings. The zero-order chi connectivity index (χ0) is 13.8. The zero-order valence-electron chi connectivity index (χ0n) is 11.2. The van der Waals surface area contributed by atoms with Gasteiger partial charge >= 0.3 is 0 Å². The SMILES string of the molecule is CC(C)(CC(N)=O)NCC(C)(O)c1ccccc1. The van der Waals surface area contributed by atoms with Crippen LogP contribution in [-0.4, -0.2) is 23.1 Å². The second kappa shape index (κ2) is 5.50. The molecule has 1 rings (SSSR count). The highest BCUT2D eigenvalue weighted by atomic mass is 16.3. The molecule has 18 heavy (non-hydrogen) atoms. The Morgan fingerprint density at radius 2 is 1.83 bits per heavy atom. The van der Waals surface area contributed by atoms with E-state index in [2.05, 4.69) is 5.32 Å². The lowest BCUT2D eigenvalue weighted by Crippen LogP contribution is -2.48. The van der Waals surface area contributed by atoms with Gasteiger partial charge < -0.3 is 16.2 Å². The number of amides is 1. The molecule has 0 fully saturated rings. The van der Waals surface area contributed by atoms with E-state index in [1.165, 1.54) is 0 Å². The number of nitrogens with one attached hydrogen (secondary N) is 1. The molecule has 0 heterocycles. The van der Waals surface area contributed by atoms with E-state index < -0.39 is 11.1 Å². The summed E-state index contributed by atoms with van der Waals surface area (Å²) in [6, 6.07) is 9.44. The van der Waals surface area contributed by atoms with Gasteiger partial charge in [-0.25, -0.2) is 0 Å². The molecule has 4 nitrogen and oxygen atoms in total. The maximum atomic E-state index is 10.9. The number of β-amino-alcohol motifs (C(OH)–C–C–N with tert-alkyl or cyclic N) is 1. The average molecular weight is 250 g/mol. The summed E-state index contributed by atoms with van der Waals surface area (Å²) in [6.45, 7) is 5.88. The third-order valence-electron chi connectivity index (χ3n) is 2.92. The van der Waals surface area contributed by atoms with Gasteiger partial charge in [0.2, 0.25) is 5.91 Å². The minimum Gasteiger partial charge on any atom is -0.384 e. The van der Waals surface area contributed by atoms with Crippen LogP contribution < -0.4 is 11.1 Å². The molecule has 1 amide bonds. The number of hydrogen-bond acceptors (Lipinski definition) is 3. The Bertz CT molecular complexity index is 400. The lowest BCUT2D eigenvalue weighted by Gasteiger charge is -2.31. The van der Waals surface area contributed by atoms with Gasteiger partial charge in [0.1, 0.15) is 0 Å². The van der Waals surface area contributed by atoms with E-state index >= 15 is 0 Å². The Hall–Kier alpha value is -1.39. The second-order valence-electron chi connectivity index (χ2n) is 5.52. The van der Waals surface area contributed by atoms with Gasteiger partial charge in [-0.05, 0) is 26.3 Å². The van der Waals surface area contributed by atoms with E-state index in [0.29, 0.717) is 6.54 Å². The van der Waals surface area contributed by atoms with Crippen molar-refractivity contribution in [1.29, 1.82) is 0 Å². The number of rotatable bonds is 6. The summed E-state index contributed by atoms with van der Waals surface area (Å²) < 4.78 is 0. The Kier molecular flexibility index (Phi) is 4.48. The van der Waals surface area contributed by atoms with E-state index in [-0.39, 0.29) is 12.3 Å². The highest BCUT2D eigenvalue weighted by Gasteiger charge is 2.27. The Labute approximate surface area is 108 Å². The first-order valence-corrected chi connectivity index (χ1v) is 6.04. The van der Waals surface area contributed by atoms with E-state index in [1.54, 1.807) is 6.92 Å². The molecule has 0 bridgehead atoms. The molecule has 0 aromatic heterocycles. The first kappa shape index (κ1) is 14.7. The smallest absolute Gasteiger partial charge is 0.219 e. The Morgan fingerprint density at radius 1 is 1.28 bits per heavy atom. The van der Waals surface area contributed by atoms with Crippen molar-refractivity contribution in [2.45, 2.75) is 38.3 Å². The predicted molar refractivity (Wildman–Crippen MR) is 71.9 cm³/mol. The van der Waals surface area contributed by atoms with Crippen molar-refractivity contribution in [3.8, 4) is 0 Å². The summed E-state index contributed by atoms with van der Waals surface area (Å²) in [4.78, 5) is 10.9. The molecule has 1 unspecified atom stereocenters. The fourth-order valence-electron chi connectivity index (χ4n) is 1.81. The van der Waals surface area contributed by atoms with Crippen molar-refractivity contribution in [3.05, 3.63) is 35.9 Å². The standard InChI is InChI=1S/C14H22N2O2/c1-13(2,9-12(15)17)16-10-14(3,18)11-7-5-4-6-8-11/h4-8,16,18H,9-10H2,1-3H3,(H2,15,17). The number of hydrogen-bond donors (Lipinski definition) is 3. The summed E-state index contributed by atoms with van der Waals surface area (Å²) in [5.74, 6) is -0.355. The van der Waals surface area contributed by atoms with Crippen LogP contribution >= 0.6 is 0 Å². The molecule has 0 aliphatic rings. The lowest BCUT2D eigenvalue weighted by atomic mass is 9.93. The minimum atomic E-state index is -0.976. The van der Waals surface area contributed by atoms with Crippen molar-refractivity contribution in [2.75, 3.05) is 6.54 Å². The van der Waals surface area contributed by atoms with Crippen LogP contribution in [-0.2, 0) is 10.4 Å². The van der Waals surface area contributed by atoms with Crippen LogP contribution in [0.15, 0.2) is 30.3 Å². The molecular formula is C14H22N2O2. The number of nitrogens with two attached hydrogens (primary N) is 1. The molecule has 0 aliphatic carbocycles. The molecule has 4 heteroatoms. The third kappa shape index (κ3) is 4.47. The van der Waals surface area contributed by atoms with E-state index in [9.17, 15) is 9.90 Å². The van der Waals surface area contributed by atoms with Gasteiger partial charge in [-0.15, -0.1) is 0 Å². The van der Waals surface area contributed by atoms with Crippen LogP contribution in [0.4, 0.5) is 0 Å². The first-order valence-electron chi connectivity index (χ1n) is 6.04. The summed E-state index contributed by atoms with van der Waals surface area (Å²) in [7, 11) is 0. The molecule has 0 radical (unpaired) electrons. The van der Waals surface area contributed by atoms with Gasteiger partial charge in [0, 0.05) is 18.5 Å². The summed E-state index contributed by atoms with van der Waals surface area (Å²) in [6.07, 6.45) is 0.234.